The molecule has 0 spiro atoms. The Labute approximate surface area is 117 Å². The van der Waals surface area contributed by atoms with Crippen LogP contribution in [0.3, 0.4) is 0 Å². The molecule has 1 rings (SSSR count). The first-order valence-corrected chi connectivity index (χ1v) is 7.43. The molecule has 0 aromatic heterocycles. The molecule has 0 heterocycles. The quantitative estimate of drug-likeness (QED) is 0.715. The minimum Gasteiger partial charge on any atom is -0.481 e. The average Bonchev–Trinajstić information content (AvgIpc) is 2.39. The smallest absolute Gasteiger partial charge is 0.303 e. The molecule has 0 saturated heterocycles. The molecule has 0 aliphatic rings. The molecular formula is C17H28O2. The molecule has 1 aromatic rings. The summed E-state index contributed by atoms with van der Waals surface area (Å²) in [4.78, 5) is 10.3. The Kier molecular flexibility index (Phi) is 11.0. The second-order valence-corrected chi connectivity index (χ2v) is 4.83. The normalized spacial score (nSPS) is 9.63. The number of aryl methyl sites for hydroxylation is 2. The van der Waals surface area contributed by atoms with Gasteiger partial charge in [-0.3, -0.25) is 4.79 Å². The minimum atomic E-state index is -0.688. The molecule has 0 aliphatic carbocycles. The monoisotopic (exact) mass is 264 g/mol. The summed E-state index contributed by atoms with van der Waals surface area (Å²) in [6.07, 6.45) is 6.57. The fraction of sp³-hybridized carbons (Fsp3) is 0.588. The van der Waals surface area contributed by atoms with Crippen LogP contribution in [0.15, 0.2) is 24.3 Å². The fourth-order valence-corrected chi connectivity index (χ4v) is 1.72. The molecule has 0 saturated carbocycles. The maximum atomic E-state index is 10.3. The van der Waals surface area contributed by atoms with Crippen LogP contribution in [-0.4, -0.2) is 11.1 Å². The van der Waals surface area contributed by atoms with Gasteiger partial charge in [0, 0.05) is 6.42 Å². The van der Waals surface area contributed by atoms with Gasteiger partial charge in [0.05, 0.1) is 0 Å². The lowest BCUT2D eigenvalue weighted by atomic mass is 10.0. The van der Waals surface area contributed by atoms with Gasteiger partial charge < -0.3 is 5.11 Å². The van der Waals surface area contributed by atoms with Crippen molar-refractivity contribution in [3.63, 3.8) is 0 Å². The van der Waals surface area contributed by atoms with Crippen LogP contribution in [0.4, 0.5) is 0 Å². The van der Waals surface area contributed by atoms with Crippen LogP contribution in [0.2, 0.25) is 0 Å². The number of carboxylic acids is 1. The van der Waals surface area contributed by atoms with E-state index in [2.05, 4.69) is 45.0 Å². The topological polar surface area (TPSA) is 37.3 Å². The van der Waals surface area contributed by atoms with E-state index < -0.39 is 5.97 Å². The van der Waals surface area contributed by atoms with Gasteiger partial charge in [-0.25, -0.2) is 0 Å². The number of benzene rings is 1. The summed E-state index contributed by atoms with van der Waals surface area (Å²) in [6.45, 7) is 6.40. The van der Waals surface area contributed by atoms with Crippen molar-refractivity contribution in [2.24, 2.45) is 0 Å². The molecular weight excluding hydrogens is 236 g/mol. The van der Waals surface area contributed by atoms with Crippen molar-refractivity contribution >= 4 is 5.97 Å². The van der Waals surface area contributed by atoms with Crippen LogP contribution in [-0.2, 0) is 17.6 Å². The molecule has 0 amide bonds. The highest BCUT2D eigenvalue weighted by Crippen LogP contribution is 2.10. The Morgan fingerprint density at radius 2 is 1.47 bits per heavy atom. The number of unbranched alkanes of at least 4 members (excludes halogenated alkanes) is 2. The highest BCUT2D eigenvalue weighted by atomic mass is 16.4. The SMILES string of the molecule is CCC.CCc1ccc(CCCCCC(=O)O)cc1. The molecule has 0 atom stereocenters. The summed E-state index contributed by atoms with van der Waals surface area (Å²) in [5, 5.41) is 8.49. The molecule has 0 radical (unpaired) electrons. The molecule has 1 aromatic carbocycles. The largest absolute Gasteiger partial charge is 0.481 e. The van der Waals surface area contributed by atoms with E-state index in [1.807, 2.05) is 0 Å². The third-order valence-corrected chi connectivity index (χ3v) is 2.79. The van der Waals surface area contributed by atoms with Crippen molar-refractivity contribution in [3.8, 4) is 0 Å². The zero-order valence-corrected chi connectivity index (χ0v) is 12.6. The third-order valence-electron chi connectivity index (χ3n) is 2.79. The van der Waals surface area contributed by atoms with Crippen molar-refractivity contribution in [1.29, 1.82) is 0 Å². The van der Waals surface area contributed by atoms with Crippen molar-refractivity contribution in [2.75, 3.05) is 0 Å². The summed E-state index contributed by atoms with van der Waals surface area (Å²) in [7, 11) is 0. The zero-order valence-electron chi connectivity index (χ0n) is 12.6. The van der Waals surface area contributed by atoms with Gasteiger partial charge in [-0.1, -0.05) is 57.9 Å². The number of hydrogen-bond donors (Lipinski definition) is 1. The summed E-state index contributed by atoms with van der Waals surface area (Å²) < 4.78 is 0. The number of aliphatic carboxylic acids is 1. The predicted octanol–water partition coefficient (Wildman–Crippen LogP) is 4.85. The molecule has 0 fully saturated rings. The molecule has 0 bridgehead atoms. The summed E-state index contributed by atoms with van der Waals surface area (Å²) in [6, 6.07) is 8.70. The van der Waals surface area contributed by atoms with E-state index in [9.17, 15) is 4.79 Å². The van der Waals surface area contributed by atoms with E-state index in [1.165, 1.54) is 17.5 Å². The number of hydrogen-bond acceptors (Lipinski definition) is 1. The van der Waals surface area contributed by atoms with Crippen LogP contribution < -0.4 is 0 Å². The first-order chi connectivity index (χ1) is 9.13. The van der Waals surface area contributed by atoms with Crippen LogP contribution in [0.1, 0.15) is 64.0 Å². The van der Waals surface area contributed by atoms with Gasteiger partial charge in [0.1, 0.15) is 0 Å². The lowest BCUT2D eigenvalue weighted by Gasteiger charge is -2.02. The Morgan fingerprint density at radius 1 is 0.947 bits per heavy atom. The molecule has 19 heavy (non-hydrogen) atoms. The van der Waals surface area contributed by atoms with Crippen LogP contribution in [0.25, 0.3) is 0 Å². The second kappa shape index (κ2) is 11.8. The predicted molar refractivity (Wildman–Crippen MR) is 81.6 cm³/mol. The van der Waals surface area contributed by atoms with E-state index in [0.29, 0.717) is 6.42 Å². The highest BCUT2D eigenvalue weighted by Gasteiger charge is 1.97. The van der Waals surface area contributed by atoms with E-state index >= 15 is 0 Å². The average molecular weight is 264 g/mol. The van der Waals surface area contributed by atoms with Crippen LogP contribution in [0.5, 0.6) is 0 Å². The maximum absolute atomic E-state index is 10.3. The van der Waals surface area contributed by atoms with Crippen molar-refractivity contribution in [2.45, 2.75) is 65.7 Å². The lowest BCUT2D eigenvalue weighted by Crippen LogP contribution is -1.94. The highest BCUT2D eigenvalue weighted by molar-refractivity contribution is 5.66. The van der Waals surface area contributed by atoms with E-state index in [0.717, 1.165) is 32.1 Å². The molecule has 2 nitrogen and oxygen atoms in total. The van der Waals surface area contributed by atoms with Gasteiger partial charge in [-0.15, -0.1) is 0 Å². The summed E-state index contributed by atoms with van der Waals surface area (Å²) in [5.41, 5.74) is 2.72. The summed E-state index contributed by atoms with van der Waals surface area (Å²) in [5.74, 6) is -0.688. The van der Waals surface area contributed by atoms with Gasteiger partial charge in [0.15, 0.2) is 0 Å². The Morgan fingerprint density at radius 3 is 1.95 bits per heavy atom. The molecule has 0 unspecified atom stereocenters. The van der Waals surface area contributed by atoms with Crippen molar-refractivity contribution < 1.29 is 9.90 Å². The molecule has 2 heteroatoms. The fourth-order valence-electron chi connectivity index (χ4n) is 1.72. The van der Waals surface area contributed by atoms with Gasteiger partial charge in [0.25, 0.3) is 0 Å². The number of carbonyl (C=O) groups is 1. The lowest BCUT2D eigenvalue weighted by molar-refractivity contribution is -0.137. The third kappa shape index (κ3) is 10.3. The standard InChI is InChI=1S/C14H20O2.C3H8/c1-2-12-8-10-13(11-9-12)6-4-3-5-7-14(15)16;1-3-2/h8-11H,2-7H2,1H3,(H,15,16);3H2,1-2H3. The number of rotatable bonds is 7. The Hall–Kier alpha value is -1.31. The van der Waals surface area contributed by atoms with Gasteiger partial charge in [-0.05, 0) is 36.8 Å². The van der Waals surface area contributed by atoms with Crippen LogP contribution in [0, 0.1) is 0 Å². The van der Waals surface area contributed by atoms with Crippen LogP contribution >= 0.6 is 0 Å². The summed E-state index contributed by atoms with van der Waals surface area (Å²) >= 11 is 0. The van der Waals surface area contributed by atoms with Gasteiger partial charge in [0.2, 0.25) is 0 Å². The molecule has 0 aliphatic heterocycles. The minimum absolute atomic E-state index is 0.300. The second-order valence-electron chi connectivity index (χ2n) is 4.83. The first kappa shape index (κ1) is 17.7. The zero-order chi connectivity index (χ0) is 14.5. The Balaban J connectivity index is 0.000000982. The molecule has 108 valence electrons. The van der Waals surface area contributed by atoms with E-state index in [1.54, 1.807) is 0 Å². The van der Waals surface area contributed by atoms with Crippen molar-refractivity contribution in [1.82, 2.24) is 0 Å². The molecule has 1 N–H and O–H groups in total. The Bertz CT molecular complexity index is 328. The maximum Gasteiger partial charge on any atom is 0.303 e. The number of carboxylic acid groups (broad SMARTS) is 1. The first-order valence-electron chi connectivity index (χ1n) is 7.43. The van der Waals surface area contributed by atoms with Gasteiger partial charge >= 0.3 is 5.97 Å². The van der Waals surface area contributed by atoms with Crippen molar-refractivity contribution in [3.05, 3.63) is 35.4 Å². The van der Waals surface area contributed by atoms with E-state index in [-0.39, 0.29) is 0 Å². The van der Waals surface area contributed by atoms with E-state index in [4.69, 9.17) is 5.11 Å². The van der Waals surface area contributed by atoms with Gasteiger partial charge in [-0.2, -0.15) is 0 Å².